The van der Waals surface area contributed by atoms with Crippen LogP contribution in [-0.2, 0) is 16.1 Å². The van der Waals surface area contributed by atoms with Gasteiger partial charge >= 0.3 is 6.09 Å². The van der Waals surface area contributed by atoms with Crippen molar-refractivity contribution < 1.29 is 19.4 Å². The van der Waals surface area contributed by atoms with E-state index in [1.54, 1.807) is 12.0 Å². The van der Waals surface area contributed by atoms with E-state index in [0.29, 0.717) is 26.0 Å². The first kappa shape index (κ1) is 15.8. The van der Waals surface area contributed by atoms with Gasteiger partial charge in [0, 0.05) is 13.7 Å². The van der Waals surface area contributed by atoms with Crippen molar-refractivity contribution in [2.45, 2.75) is 38.0 Å². The van der Waals surface area contributed by atoms with Gasteiger partial charge in [-0.25, -0.2) is 4.79 Å². The molecule has 2 rings (SSSR count). The molecular formula is C16H23NO4. The Kier molecular flexibility index (Phi) is 5.20. The largest absolute Gasteiger partial charge is 0.445 e. The maximum atomic E-state index is 12.3. The van der Waals surface area contributed by atoms with Gasteiger partial charge in [0.2, 0.25) is 0 Å². The third-order valence-corrected chi connectivity index (χ3v) is 3.89. The Labute approximate surface area is 125 Å². The summed E-state index contributed by atoms with van der Waals surface area (Å²) in [7, 11) is 1.60. The zero-order valence-corrected chi connectivity index (χ0v) is 12.6. The minimum atomic E-state index is -0.528. The molecule has 0 saturated carbocycles. The van der Waals surface area contributed by atoms with Gasteiger partial charge in [-0.2, -0.15) is 0 Å². The molecule has 2 atom stereocenters. The molecule has 1 saturated heterocycles. The molecule has 2 unspecified atom stereocenters. The molecule has 0 bridgehead atoms. The molecule has 0 radical (unpaired) electrons. The molecule has 5 heteroatoms. The second-order valence-corrected chi connectivity index (χ2v) is 5.77. The van der Waals surface area contributed by atoms with Crippen molar-refractivity contribution in [2.75, 3.05) is 20.3 Å². The van der Waals surface area contributed by atoms with E-state index in [1.165, 1.54) is 0 Å². The maximum absolute atomic E-state index is 12.3. The summed E-state index contributed by atoms with van der Waals surface area (Å²) in [5.41, 5.74) is 0.427. The van der Waals surface area contributed by atoms with Gasteiger partial charge < -0.3 is 19.5 Å². The van der Waals surface area contributed by atoms with Crippen LogP contribution in [0, 0.1) is 0 Å². The van der Waals surface area contributed by atoms with E-state index in [1.807, 2.05) is 37.3 Å². The fourth-order valence-electron chi connectivity index (χ4n) is 2.82. The second kappa shape index (κ2) is 6.91. The predicted molar refractivity (Wildman–Crippen MR) is 78.9 cm³/mol. The van der Waals surface area contributed by atoms with Crippen LogP contribution in [0.2, 0.25) is 0 Å². The quantitative estimate of drug-likeness (QED) is 0.924. The zero-order chi connectivity index (χ0) is 15.3. The first-order valence-corrected chi connectivity index (χ1v) is 7.20. The van der Waals surface area contributed by atoms with Crippen molar-refractivity contribution in [3.8, 4) is 0 Å². The Bertz CT molecular complexity index is 465. The zero-order valence-electron chi connectivity index (χ0n) is 12.6. The number of piperidine rings is 1. The minimum Gasteiger partial charge on any atom is -0.445 e. The molecule has 1 aliphatic rings. The number of amides is 1. The second-order valence-electron chi connectivity index (χ2n) is 5.77. The molecule has 0 aromatic heterocycles. The van der Waals surface area contributed by atoms with E-state index in [4.69, 9.17) is 9.47 Å². The fraction of sp³-hybridized carbons (Fsp3) is 0.562. The summed E-state index contributed by atoms with van der Waals surface area (Å²) in [5, 5.41) is 9.84. The summed E-state index contributed by atoms with van der Waals surface area (Å²) in [6.45, 7) is 3.03. The average molecular weight is 293 g/mol. The molecule has 21 heavy (non-hydrogen) atoms. The van der Waals surface area contributed by atoms with Crippen molar-refractivity contribution in [3.63, 3.8) is 0 Å². The molecule has 1 aliphatic heterocycles. The van der Waals surface area contributed by atoms with Gasteiger partial charge in [0.1, 0.15) is 6.61 Å². The number of aliphatic hydroxyl groups is 1. The third kappa shape index (κ3) is 3.95. The van der Waals surface area contributed by atoms with E-state index in [0.717, 1.165) is 5.56 Å². The van der Waals surface area contributed by atoms with Gasteiger partial charge in [-0.1, -0.05) is 30.3 Å². The van der Waals surface area contributed by atoms with Crippen molar-refractivity contribution in [1.82, 2.24) is 4.90 Å². The summed E-state index contributed by atoms with van der Waals surface area (Å²) < 4.78 is 10.6. The third-order valence-electron chi connectivity index (χ3n) is 3.89. The van der Waals surface area contributed by atoms with E-state index < -0.39 is 11.6 Å². The number of aliphatic hydroxyl groups excluding tert-OH is 1. The highest BCUT2D eigenvalue weighted by molar-refractivity contribution is 5.69. The van der Waals surface area contributed by atoms with Gasteiger partial charge in [0.25, 0.3) is 0 Å². The summed E-state index contributed by atoms with van der Waals surface area (Å²) in [6.07, 6.45) is 0.315. The molecule has 5 nitrogen and oxygen atoms in total. The molecule has 1 N–H and O–H groups in total. The lowest BCUT2D eigenvalue weighted by molar-refractivity contribution is -0.0462. The Hall–Kier alpha value is -1.59. The number of carbonyl (C=O) groups excluding carboxylic acids is 1. The maximum Gasteiger partial charge on any atom is 0.410 e. The van der Waals surface area contributed by atoms with E-state index in [9.17, 15) is 9.90 Å². The highest BCUT2D eigenvalue weighted by Crippen LogP contribution is 2.29. The number of benzene rings is 1. The molecule has 0 aliphatic carbocycles. The van der Waals surface area contributed by atoms with Crippen molar-refractivity contribution >= 4 is 6.09 Å². The number of hydrogen-bond donors (Lipinski definition) is 1. The molecular weight excluding hydrogens is 270 g/mol. The Morgan fingerprint density at radius 3 is 2.81 bits per heavy atom. The van der Waals surface area contributed by atoms with Gasteiger partial charge in [-0.15, -0.1) is 0 Å². The van der Waals surface area contributed by atoms with Crippen LogP contribution < -0.4 is 0 Å². The number of nitrogens with zero attached hydrogens (tertiary/aromatic N) is 1. The summed E-state index contributed by atoms with van der Waals surface area (Å²) >= 11 is 0. The van der Waals surface area contributed by atoms with Crippen LogP contribution in [0.15, 0.2) is 30.3 Å². The monoisotopic (exact) mass is 293 g/mol. The normalized spacial score (nSPS) is 25.7. The molecule has 1 heterocycles. The number of ether oxygens (including phenoxy) is 2. The highest BCUT2D eigenvalue weighted by Gasteiger charge is 2.41. The van der Waals surface area contributed by atoms with Crippen molar-refractivity contribution in [3.05, 3.63) is 35.9 Å². The molecule has 1 amide bonds. The summed E-state index contributed by atoms with van der Waals surface area (Å²) in [6, 6.07) is 9.58. The molecule has 116 valence electrons. The van der Waals surface area contributed by atoms with Crippen molar-refractivity contribution in [2.24, 2.45) is 0 Å². The molecule has 1 aromatic carbocycles. The van der Waals surface area contributed by atoms with E-state index >= 15 is 0 Å². The first-order valence-electron chi connectivity index (χ1n) is 7.20. The van der Waals surface area contributed by atoms with Crippen LogP contribution in [-0.4, -0.2) is 48.0 Å². The molecule has 1 aromatic rings. The Balaban J connectivity index is 1.99. The Morgan fingerprint density at radius 1 is 1.43 bits per heavy atom. The number of carbonyl (C=O) groups is 1. The van der Waals surface area contributed by atoms with Crippen LogP contribution in [0.5, 0.6) is 0 Å². The standard InChI is InChI=1S/C16H23NO4/c1-16(12-20-2)10-14(18)8-9-17(16)15(19)21-11-13-6-4-3-5-7-13/h3-7,14,18H,8-12H2,1-2H3. The van der Waals surface area contributed by atoms with Crippen LogP contribution in [0.3, 0.4) is 0 Å². The molecule has 1 fully saturated rings. The smallest absolute Gasteiger partial charge is 0.410 e. The first-order chi connectivity index (χ1) is 10.0. The van der Waals surface area contributed by atoms with Gasteiger partial charge in [-0.3, -0.25) is 0 Å². The number of methoxy groups -OCH3 is 1. The van der Waals surface area contributed by atoms with E-state index in [2.05, 4.69) is 0 Å². The average Bonchev–Trinajstić information content (AvgIpc) is 2.46. The number of likely N-dealkylation sites (tertiary alicyclic amines) is 1. The predicted octanol–water partition coefficient (Wildman–Crippen LogP) is 2.18. The van der Waals surface area contributed by atoms with Crippen LogP contribution in [0.25, 0.3) is 0 Å². The topological polar surface area (TPSA) is 59.0 Å². The summed E-state index contributed by atoms with van der Waals surface area (Å²) in [5.74, 6) is 0. The molecule has 0 spiro atoms. The lowest BCUT2D eigenvalue weighted by Gasteiger charge is -2.45. The van der Waals surface area contributed by atoms with Gasteiger partial charge in [0.15, 0.2) is 0 Å². The Morgan fingerprint density at radius 2 is 2.14 bits per heavy atom. The van der Waals surface area contributed by atoms with Crippen molar-refractivity contribution in [1.29, 1.82) is 0 Å². The fourth-order valence-corrected chi connectivity index (χ4v) is 2.82. The lowest BCUT2D eigenvalue weighted by atomic mass is 9.88. The lowest BCUT2D eigenvalue weighted by Crippen LogP contribution is -2.58. The minimum absolute atomic E-state index is 0.252. The number of hydrogen-bond acceptors (Lipinski definition) is 4. The SMILES string of the molecule is COCC1(C)CC(O)CCN1C(=O)OCc1ccccc1. The van der Waals surface area contributed by atoms with Gasteiger partial charge in [0.05, 0.1) is 18.2 Å². The van der Waals surface area contributed by atoms with Gasteiger partial charge in [-0.05, 0) is 25.3 Å². The van der Waals surface area contributed by atoms with E-state index in [-0.39, 0.29) is 12.7 Å². The number of rotatable bonds is 4. The highest BCUT2D eigenvalue weighted by atomic mass is 16.6. The summed E-state index contributed by atoms with van der Waals surface area (Å²) in [4.78, 5) is 14.0. The van der Waals surface area contributed by atoms with Crippen LogP contribution >= 0.6 is 0 Å². The van der Waals surface area contributed by atoms with Crippen LogP contribution in [0.4, 0.5) is 4.79 Å². The van der Waals surface area contributed by atoms with Crippen LogP contribution in [0.1, 0.15) is 25.3 Å².